The van der Waals surface area contributed by atoms with Gasteiger partial charge >= 0.3 is 5.97 Å². The molecule has 2 heterocycles. The zero-order chi connectivity index (χ0) is 18.1. The molecule has 0 radical (unpaired) electrons. The average Bonchev–Trinajstić information content (AvgIpc) is 3.10. The molecule has 0 amide bonds. The Morgan fingerprint density at radius 1 is 1.20 bits per heavy atom. The van der Waals surface area contributed by atoms with Crippen LogP contribution in [-0.2, 0) is 14.3 Å². The summed E-state index contributed by atoms with van der Waals surface area (Å²) >= 11 is 7.52. The van der Waals surface area contributed by atoms with Crippen LogP contribution in [0.5, 0.6) is 0 Å². The first kappa shape index (κ1) is 17.5. The van der Waals surface area contributed by atoms with Crippen molar-refractivity contribution in [1.29, 1.82) is 0 Å². The number of benzene rings is 1. The van der Waals surface area contributed by atoms with Gasteiger partial charge in [-0.15, -0.1) is 11.3 Å². The molecule has 0 spiro atoms. The summed E-state index contributed by atoms with van der Waals surface area (Å²) in [6, 6.07) is 9.12. The summed E-state index contributed by atoms with van der Waals surface area (Å²) in [6.45, 7) is 3.72. The number of anilines is 1. The summed E-state index contributed by atoms with van der Waals surface area (Å²) < 4.78 is 4.80. The van der Waals surface area contributed by atoms with Crippen LogP contribution in [-0.4, -0.2) is 18.9 Å². The number of carbonyl (C=O) groups is 2. The van der Waals surface area contributed by atoms with Gasteiger partial charge in [-0.1, -0.05) is 11.6 Å². The Balaban J connectivity index is 2.17. The van der Waals surface area contributed by atoms with Gasteiger partial charge in [-0.3, -0.25) is 4.79 Å². The topological polar surface area (TPSA) is 46.6 Å². The smallest absolute Gasteiger partial charge is 0.343 e. The van der Waals surface area contributed by atoms with Crippen LogP contribution in [0.1, 0.15) is 17.4 Å². The number of esters is 1. The van der Waals surface area contributed by atoms with Crippen molar-refractivity contribution in [2.24, 2.45) is 0 Å². The lowest BCUT2D eigenvalue weighted by Crippen LogP contribution is -2.18. The summed E-state index contributed by atoms with van der Waals surface area (Å²) in [5.41, 5.74) is 2.85. The Hall–Kier alpha value is -2.37. The van der Waals surface area contributed by atoms with Crippen molar-refractivity contribution >= 4 is 46.5 Å². The van der Waals surface area contributed by atoms with Gasteiger partial charge in [-0.25, -0.2) is 4.79 Å². The highest BCUT2D eigenvalue weighted by Gasteiger charge is 2.38. The summed E-state index contributed by atoms with van der Waals surface area (Å²) in [5, 5.41) is 2.57. The molecule has 128 valence electrons. The first-order valence-corrected chi connectivity index (χ1v) is 8.85. The van der Waals surface area contributed by atoms with Crippen molar-refractivity contribution in [1.82, 2.24) is 0 Å². The van der Waals surface area contributed by atoms with Crippen molar-refractivity contribution in [3.63, 3.8) is 0 Å². The van der Waals surface area contributed by atoms with Crippen LogP contribution < -0.4 is 4.90 Å². The molecule has 1 aliphatic rings. The number of Topliss-reactive ketones (excluding diaryl/α,β-unsaturated/α-hetero) is 1. The second-order valence-electron chi connectivity index (χ2n) is 5.59. The maximum absolute atomic E-state index is 12.9. The summed E-state index contributed by atoms with van der Waals surface area (Å²) in [6.07, 6.45) is 1.82. The molecule has 0 fully saturated rings. The van der Waals surface area contributed by atoms with Gasteiger partial charge < -0.3 is 9.64 Å². The molecule has 6 heteroatoms. The second kappa shape index (κ2) is 6.86. The number of thiophene rings is 1. The minimum absolute atomic E-state index is 0.0536. The van der Waals surface area contributed by atoms with E-state index in [2.05, 4.69) is 0 Å². The van der Waals surface area contributed by atoms with Gasteiger partial charge in [-0.2, -0.15) is 0 Å². The standard InChI is InChI=1S/C19H16ClNO3S/c1-11-8-9-25-16(11)10-15-18(22)17(19(23)24-3)12(2)21(15)14-6-4-13(20)5-7-14/h4-10H,1-3H3. The van der Waals surface area contributed by atoms with E-state index in [9.17, 15) is 9.59 Å². The zero-order valence-electron chi connectivity index (χ0n) is 14.0. The normalized spacial score (nSPS) is 16.1. The average molecular weight is 374 g/mol. The largest absolute Gasteiger partial charge is 0.465 e. The molecule has 2 aromatic rings. The first-order chi connectivity index (χ1) is 11.9. The molecular weight excluding hydrogens is 358 g/mol. The van der Waals surface area contributed by atoms with E-state index in [1.54, 1.807) is 35.3 Å². The number of hydrogen-bond donors (Lipinski definition) is 0. The SMILES string of the molecule is COC(=O)C1=C(C)N(c2ccc(Cl)cc2)C(=Cc2sccc2C)C1=O. The predicted octanol–water partition coefficient (Wildman–Crippen LogP) is 4.59. The van der Waals surface area contributed by atoms with Crippen LogP contribution in [0.25, 0.3) is 6.08 Å². The van der Waals surface area contributed by atoms with Crippen LogP contribution in [0.4, 0.5) is 5.69 Å². The lowest BCUT2D eigenvalue weighted by molar-refractivity contribution is -0.137. The van der Waals surface area contributed by atoms with Gasteiger partial charge in [-0.05, 0) is 61.2 Å². The summed E-state index contributed by atoms with van der Waals surface area (Å²) in [4.78, 5) is 27.8. The predicted molar refractivity (Wildman–Crippen MR) is 101 cm³/mol. The molecule has 0 atom stereocenters. The summed E-state index contributed by atoms with van der Waals surface area (Å²) in [7, 11) is 1.27. The second-order valence-corrected chi connectivity index (χ2v) is 6.97. The van der Waals surface area contributed by atoms with Crippen molar-refractivity contribution < 1.29 is 14.3 Å². The Labute approximate surface area is 155 Å². The molecule has 0 unspecified atom stereocenters. The number of rotatable bonds is 3. The molecule has 4 nitrogen and oxygen atoms in total. The third-order valence-corrected chi connectivity index (χ3v) is 5.26. The lowest BCUT2D eigenvalue weighted by atomic mass is 10.1. The molecule has 0 aliphatic carbocycles. The van der Waals surface area contributed by atoms with E-state index in [0.717, 1.165) is 16.1 Å². The fraction of sp³-hybridized carbons (Fsp3) is 0.158. The summed E-state index contributed by atoms with van der Waals surface area (Å²) in [5.74, 6) is -0.972. The number of ether oxygens (including phenoxy) is 1. The van der Waals surface area contributed by atoms with Crippen molar-refractivity contribution in [3.05, 3.63) is 68.1 Å². The highest BCUT2D eigenvalue weighted by atomic mass is 35.5. The molecule has 0 saturated heterocycles. The number of carbonyl (C=O) groups excluding carboxylic acids is 2. The van der Waals surface area contributed by atoms with Crippen LogP contribution in [0, 0.1) is 6.92 Å². The fourth-order valence-electron chi connectivity index (χ4n) is 2.74. The molecule has 25 heavy (non-hydrogen) atoms. The number of allylic oxidation sites excluding steroid dienone is 2. The van der Waals surface area contributed by atoms with Crippen molar-refractivity contribution in [2.45, 2.75) is 13.8 Å². The molecular formula is C19H16ClNO3S. The number of aryl methyl sites for hydroxylation is 1. The molecule has 0 N–H and O–H groups in total. The zero-order valence-corrected chi connectivity index (χ0v) is 15.6. The minimum atomic E-state index is -0.632. The highest BCUT2D eigenvalue weighted by Crippen LogP contribution is 2.36. The minimum Gasteiger partial charge on any atom is -0.465 e. The number of hydrogen-bond acceptors (Lipinski definition) is 5. The quantitative estimate of drug-likeness (QED) is 0.448. The number of methoxy groups -OCH3 is 1. The maximum Gasteiger partial charge on any atom is 0.343 e. The lowest BCUT2D eigenvalue weighted by Gasteiger charge is -2.21. The van der Waals surface area contributed by atoms with Crippen molar-refractivity contribution in [2.75, 3.05) is 12.0 Å². The number of ketones is 1. The number of nitrogens with zero attached hydrogens (tertiary/aromatic N) is 1. The van der Waals surface area contributed by atoms with Gasteiger partial charge in [0.05, 0.1) is 12.8 Å². The molecule has 0 bridgehead atoms. The van der Waals surface area contributed by atoms with Crippen molar-refractivity contribution in [3.8, 4) is 0 Å². The van der Waals surface area contributed by atoms with E-state index in [0.29, 0.717) is 16.4 Å². The van der Waals surface area contributed by atoms with Crippen LogP contribution in [0.2, 0.25) is 5.02 Å². The van der Waals surface area contributed by atoms with Gasteiger partial charge in [0.2, 0.25) is 5.78 Å². The van der Waals surface area contributed by atoms with E-state index < -0.39 is 5.97 Å². The monoisotopic (exact) mass is 373 g/mol. The molecule has 1 aromatic heterocycles. The molecule has 0 saturated carbocycles. The Bertz CT molecular complexity index is 909. The van der Waals surface area contributed by atoms with E-state index in [1.807, 2.05) is 36.6 Å². The van der Waals surface area contributed by atoms with Crippen LogP contribution in [0.3, 0.4) is 0 Å². The molecule has 3 rings (SSSR count). The van der Waals surface area contributed by atoms with Gasteiger partial charge in [0.25, 0.3) is 0 Å². The molecule has 1 aromatic carbocycles. The van der Waals surface area contributed by atoms with Gasteiger partial charge in [0.15, 0.2) is 0 Å². The molecule has 1 aliphatic heterocycles. The maximum atomic E-state index is 12.9. The van der Waals surface area contributed by atoms with E-state index in [-0.39, 0.29) is 11.4 Å². The third-order valence-electron chi connectivity index (χ3n) is 4.04. The Morgan fingerprint density at radius 3 is 2.44 bits per heavy atom. The van der Waals surface area contributed by atoms with Crippen LogP contribution >= 0.6 is 22.9 Å². The van der Waals surface area contributed by atoms with E-state index in [1.165, 1.54) is 7.11 Å². The highest BCUT2D eigenvalue weighted by molar-refractivity contribution is 7.11. The van der Waals surface area contributed by atoms with E-state index in [4.69, 9.17) is 16.3 Å². The third kappa shape index (κ3) is 3.13. The van der Waals surface area contributed by atoms with Crippen LogP contribution in [0.15, 0.2) is 52.7 Å². The van der Waals surface area contributed by atoms with E-state index >= 15 is 0 Å². The number of halogens is 1. The first-order valence-electron chi connectivity index (χ1n) is 7.59. The fourth-order valence-corrected chi connectivity index (χ4v) is 3.72. The Morgan fingerprint density at radius 2 is 1.88 bits per heavy atom. The Kier molecular flexibility index (Phi) is 4.79. The van der Waals surface area contributed by atoms with Gasteiger partial charge in [0.1, 0.15) is 5.57 Å². The van der Waals surface area contributed by atoms with Gasteiger partial charge in [0, 0.05) is 21.3 Å².